The molecule has 0 aliphatic rings. The first kappa shape index (κ1) is 12.4. The minimum Gasteiger partial charge on any atom is -0.361 e. The quantitative estimate of drug-likeness (QED) is 0.776. The van der Waals surface area contributed by atoms with Crippen LogP contribution in [0.5, 0.6) is 0 Å². The second-order valence-corrected chi connectivity index (χ2v) is 7.10. The Labute approximate surface area is 115 Å². The average molecular weight is 292 g/mol. The molecule has 0 radical (unpaired) electrons. The van der Waals surface area contributed by atoms with Crippen molar-refractivity contribution in [3.8, 4) is 0 Å². The number of sulfonamides is 1. The van der Waals surface area contributed by atoms with Gasteiger partial charge in [-0.3, -0.25) is 0 Å². The lowest BCUT2D eigenvalue weighted by atomic mass is 10.1. The van der Waals surface area contributed by atoms with E-state index in [0.717, 1.165) is 16.5 Å². The topological polar surface area (TPSA) is 62.0 Å². The first-order valence-corrected chi connectivity index (χ1v) is 8.11. The van der Waals surface area contributed by atoms with Crippen LogP contribution in [-0.4, -0.2) is 13.4 Å². The summed E-state index contributed by atoms with van der Waals surface area (Å²) in [6.45, 7) is 0.293. The second kappa shape index (κ2) is 4.80. The van der Waals surface area contributed by atoms with Crippen LogP contribution in [0.2, 0.25) is 0 Å². The number of fused-ring (bicyclic) bond motifs is 1. The summed E-state index contributed by atoms with van der Waals surface area (Å²) in [5.74, 6) is 0. The van der Waals surface area contributed by atoms with Gasteiger partial charge in [-0.1, -0.05) is 12.1 Å². The first-order valence-electron chi connectivity index (χ1n) is 5.74. The van der Waals surface area contributed by atoms with Crippen LogP contribution in [0.1, 0.15) is 5.56 Å². The highest BCUT2D eigenvalue weighted by Crippen LogP contribution is 2.17. The standard InChI is InChI=1S/C13H12N2O2S2/c16-19(17,13-2-1-7-18-13)15-9-10-3-4-12-11(8-10)5-6-14-12/h1-8,14-15H,9H2. The molecule has 0 saturated heterocycles. The minimum absolute atomic E-state index is 0.293. The number of hydrogen-bond acceptors (Lipinski definition) is 3. The number of aromatic amines is 1. The number of rotatable bonds is 4. The average Bonchev–Trinajstić information content (AvgIpc) is 3.07. The van der Waals surface area contributed by atoms with Crippen LogP contribution in [0.25, 0.3) is 10.9 Å². The fourth-order valence-corrected chi connectivity index (χ4v) is 3.93. The maximum Gasteiger partial charge on any atom is 0.250 e. The summed E-state index contributed by atoms with van der Waals surface area (Å²) in [7, 11) is -3.39. The maximum atomic E-state index is 12.0. The molecule has 0 fully saturated rings. The van der Waals surface area contributed by atoms with E-state index in [2.05, 4.69) is 9.71 Å². The molecule has 0 bridgehead atoms. The summed E-state index contributed by atoms with van der Waals surface area (Å²) >= 11 is 1.21. The smallest absolute Gasteiger partial charge is 0.250 e. The van der Waals surface area contributed by atoms with Crippen molar-refractivity contribution >= 4 is 32.3 Å². The Hall–Kier alpha value is -1.63. The maximum absolute atomic E-state index is 12.0. The zero-order chi connectivity index (χ0) is 13.3. The lowest BCUT2D eigenvalue weighted by molar-refractivity contribution is 0.583. The molecule has 3 rings (SSSR count). The summed E-state index contributed by atoms with van der Waals surface area (Å²) in [5, 5.41) is 2.83. The van der Waals surface area contributed by atoms with Gasteiger partial charge in [0.2, 0.25) is 10.0 Å². The predicted molar refractivity (Wildman–Crippen MR) is 76.6 cm³/mol. The van der Waals surface area contributed by atoms with E-state index < -0.39 is 10.0 Å². The number of hydrogen-bond donors (Lipinski definition) is 2. The van der Waals surface area contributed by atoms with Gasteiger partial charge in [0.1, 0.15) is 4.21 Å². The van der Waals surface area contributed by atoms with Crippen LogP contribution in [0.4, 0.5) is 0 Å². The summed E-state index contributed by atoms with van der Waals surface area (Å²) in [6, 6.07) is 11.1. The number of thiophene rings is 1. The molecule has 19 heavy (non-hydrogen) atoms. The molecule has 0 atom stereocenters. The van der Waals surface area contributed by atoms with E-state index in [-0.39, 0.29) is 0 Å². The zero-order valence-electron chi connectivity index (χ0n) is 9.96. The van der Waals surface area contributed by atoms with E-state index in [4.69, 9.17) is 0 Å². The van der Waals surface area contributed by atoms with Crippen molar-refractivity contribution in [1.82, 2.24) is 9.71 Å². The van der Waals surface area contributed by atoms with Gasteiger partial charge in [-0.05, 0) is 40.6 Å². The molecular weight excluding hydrogens is 280 g/mol. The van der Waals surface area contributed by atoms with Crippen LogP contribution in [0.15, 0.2) is 52.2 Å². The first-order chi connectivity index (χ1) is 9.15. The van der Waals surface area contributed by atoms with Gasteiger partial charge in [0.15, 0.2) is 0 Å². The molecule has 1 aromatic carbocycles. The molecule has 0 amide bonds. The molecule has 0 spiro atoms. The highest BCUT2D eigenvalue weighted by Gasteiger charge is 2.14. The van der Waals surface area contributed by atoms with Crippen LogP contribution in [0.3, 0.4) is 0 Å². The highest BCUT2D eigenvalue weighted by atomic mass is 32.2. The lowest BCUT2D eigenvalue weighted by Gasteiger charge is -2.05. The van der Waals surface area contributed by atoms with E-state index in [1.807, 2.05) is 30.5 Å². The number of benzene rings is 1. The Morgan fingerprint density at radius 2 is 2.11 bits per heavy atom. The third-order valence-electron chi connectivity index (χ3n) is 2.84. The number of H-pyrrole nitrogens is 1. The molecule has 0 saturated carbocycles. The third kappa shape index (κ3) is 2.56. The van der Waals surface area contributed by atoms with Crippen LogP contribution in [0, 0.1) is 0 Å². The molecular formula is C13H12N2O2S2. The Morgan fingerprint density at radius 3 is 2.89 bits per heavy atom. The SMILES string of the molecule is O=S(=O)(NCc1ccc2[nH]ccc2c1)c1cccs1. The van der Waals surface area contributed by atoms with Gasteiger partial charge in [-0.15, -0.1) is 11.3 Å². The molecule has 6 heteroatoms. The van der Waals surface area contributed by atoms with E-state index in [9.17, 15) is 8.42 Å². The molecule has 0 unspecified atom stereocenters. The van der Waals surface area contributed by atoms with E-state index in [1.54, 1.807) is 17.5 Å². The van der Waals surface area contributed by atoms with Crippen molar-refractivity contribution in [3.63, 3.8) is 0 Å². The minimum atomic E-state index is -3.39. The van der Waals surface area contributed by atoms with E-state index in [0.29, 0.717) is 10.8 Å². The third-order valence-corrected chi connectivity index (χ3v) is 5.64. The highest BCUT2D eigenvalue weighted by molar-refractivity contribution is 7.91. The largest absolute Gasteiger partial charge is 0.361 e. The molecule has 0 aliphatic heterocycles. The normalized spacial score (nSPS) is 12.0. The van der Waals surface area contributed by atoms with Gasteiger partial charge in [0, 0.05) is 18.3 Å². The molecule has 2 heterocycles. The Bertz CT molecular complexity index is 789. The second-order valence-electron chi connectivity index (χ2n) is 4.16. The summed E-state index contributed by atoms with van der Waals surface area (Å²) in [4.78, 5) is 3.10. The summed E-state index contributed by atoms with van der Waals surface area (Å²) in [6.07, 6.45) is 1.87. The Balaban J connectivity index is 1.79. The van der Waals surface area contributed by atoms with Crippen LogP contribution < -0.4 is 4.72 Å². The van der Waals surface area contributed by atoms with E-state index in [1.165, 1.54) is 11.3 Å². The van der Waals surface area contributed by atoms with Gasteiger partial charge < -0.3 is 4.98 Å². The zero-order valence-corrected chi connectivity index (χ0v) is 11.6. The molecule has 0 aliphatic carbocycles. The van der Waals surface area contributed by atoms with Crippen LogP contribution >= 0.6 is 11.3 Å². The van der Waals surface area contributed by atoms with Crippen molar-refractivity contribution in [2.75, 3.05) is 0 Å². The van der Waals surface area contributed by atoms with Crippen molar-refractivity contribution < 1.29 is 8.42 Å². The summed E-state index contributed by atoms with van der Waals surface area (Å²) in [5.41, 5.74) is 1.98. The molecule has 2 aromatic heterocycles. The van der Waals surface area contributed by atoms with Gasteiger partial charge in [-0.2, -0.15) is 0 Å². The molecule has 4 nitrogen and oxygen atoms in total. The van der Waals surface area contributed by atoms with Crippen molar-refractivity contribution in [3.05, 3.63) is 53.5 Å². The van der Waals surface area contributed by atoms with Gasteiger partial charge in [-0.25, -0.2) is 13.1 Å². The summed E-state index contributed by atoms with van der Waals surface area (Å²) < 4.78 is 26.9. The molecule has 2 N–H and O–H groups in total. The Kier molecular flexibility index (Phi) is 3.14. The van der Waals surface area contributed by atoms with Crippen molar-refractivity contribution in [1.29, 1.82) is 0 Å². The number of nitrogens with one attached hydrogen (secondary N) is 2. The fourth-order valence-electron chi connectivity index (χ4n) is 1.88. The van der Waals surface area contributed by atoms with Gasteiger partial charge in [0.25, 0.3) is 0 Å². The lowest BCUT2D eigenvalue weighted by Crippen LogP contribution is -2.22. The Morgan fingerprint density at radius 1 is 1.21 bits per heavy atom. The van der Waals surface area contributed by atoms with Crippen molar-refractivity contribution in [2.45, 2.75) is 10.8 Å². The van der Waals surface area contributed by atoms with E-state index >= 15 is 0 Å². The van der Waals surface area contributed by atoms with Gasteiger partial charge in [0.05, 0.1) is 0 Å². The predicted octanol–water partition coefficient (Wildman–Crippen LogP) is 2.71. The van der Waals surface area contributed by atoms with Gasteiger partial charge >= 0.3 is 0 Å². The van der Waals surface area contributed by atoms with Crippen molar-refractivity contribution in [2.24, 2.45) is 0 Å². The van der Waals surface area contributed by atoms with Crippen LogP contribution in [-0.2, 0) is 16.6 Å². The number of aromatic nitrogens is 1. The molecule has 98 valence electrons. The fraction of sp³-hybridized carbons (Fsp3) is 0.0769. The molecule has 3 aromatic rings. The monoisotopic (exact) mass is 292 g/mol.